The zero-order valence-corrected chi connectivity index (χ0v) is 20.8. The van der Waals surface area contributed by atoms with Crippen LogP contribution in [0, 0.1) is 24.1 Å². The van der Waals surface area contributed by atoms with Crippen molar-refractivity contribution in [2.24, 2.45) is 5.92 Å². The van der Waals surface area contributed by atoms with Crippen LogP contribution in [-0.4, -0.2) is 60.5 Å². The molecule has 0 aliphatic heterocycles. The van der Waals surface area contributed by atoms with Crippen LogP contribution < -0.4 is 0 Å². The van der Waals surface area contributed by atoms with Crippen LogP contribution in [-0.2, 0) is 19.1 Å². The number of methoxy groups -OCH3 is 2. The number of rotatable bonds is 10. The first-order chi connectivity index (χ1) is 16.9. The van der Waals surface area contributed by atoms with Gasteiger partial charge >= 0.3 is 11.9 Å². The fraction of sp³-hybridized carbons (Fsp3) is 0.333. The molecule has 1 aromatic carbocycles. The Labute approximate surface area is 210 Å². The molecule has 0 N–H and O–H groups in total. The Morgan fingerprint density at radius 2 is 1.83 bits per heavy atom. The van der Waals surface area contributed by atoms with Crippen LogP contribution >= 0.6 is 11.9 Å². The largest absolute Gasteiger partial charge is 0.469 e. The molecule has 0 radical (unpaired) electrons. The molecule has 35 heavy (non-hydrogen) atoms. The third-order valence-electron chi connectivity index (χ3n) is 5.85. The lowest BCUT2D eigenvalue weighted by atomic mass is 9.82. The molecule has 8 heteroatoms. The Bertz CT molecular complexity index is 1090. The average molecular weight is 497 g/mol. The summed E-state index contributed by atoms with van der Waals surface area (Å²) in [5.74, 6) is 1.61. The summed E-state index contributed by atoms with van der Waals surface area (Å²) >= 11 is 1.37. The number of nitrogens with zero attached hydrogens (tertiary/aromatic N) is 2. The minimum Gasteiger partial charge on any atom is -0.469 e. The van der Waals surface area contributed by atoms with E-state index in [2.05, 4.69) is 12.0 Å². The third kappa shape index (κ3) is 6.65. The number of hydrogen-bond donors (Lipinski definition) is 0. The number of terminal acetylenes is 1. The van der Waals surface area contributed by atoms with Crippen molar-refractivity contribution in [1.82, 2.24) is 9.21 Å². The zero-order chi connectivity index (χ0) is 25.4. The molecule has 1 aromatic rings. The first-order valence-corrected chi connectivity index (χ1v) is 12.0. The highest BCUT2D eigenvalue weighted by molar-refractivity contribution is 7.97. The average Bonchev–Trinajstić information content (AvgIpc) is 2.87. The number of fused-ring (bicyclic) bond motifs is 1. The lowest BCUT2D eigenvalue weighted by Crippen LogP contribution is -2.42. The molecular formula is C27H29FN2O4S. The van der Waals surface area contributed by atoms with Crippen molar-refractivity contribution in [3.63, 3.8) is 0 Å². The highest BCUT2D eigenvalue weighted by Gasteiger charge is 2.35. The minimum atomic E-state index is -0.375. The molecule has 3 atom stereocenters. The van der Waals surface area contributed by atoms with E-state index in [4.69, 9.17) is 15.9 Å². The molecule has 6 nitrogen and oxygen atoms in total. The maximum atomic E-state index is 13.4. The SMILES string of the molecule is C#CCN(C1=C2C=CC=CC2C(N(CC(=O)OC)Sc2ccc(F)cc2)C=C1)C(C)CC(=O)OC. The van der Waals surface area contributed by atoms with Gasteiger partial charge in [0.15, 0.2) is 0 Å². The summed E-state index contributed by atoms with van der Waals surface area (Å²) < 4.78 is 25.2. The van der Waals surface area contributed by atoms with Crippen molar-refractivity contribution >= 4 is 23.9 Å². The van der Waals surface area contributed by atoms with Crippen molar-refractivity contribution in [1.29, 1.82) is 0 Å². The number of carbonyl (C=O) groups excluding carboxylic acids is 2. The Balaban J connectivity index is 1.95. The number of halogens is 1. The molecule has 0 spiro atoms. The van der Waals surface area contributed by atoms with Crippen molar-refractivity contribution in [2.75, 3.05) is 27.3 Å². The van der Waals surface area contributed by atoms with Gasteiger partial charge in [-0.2, -0.15) is 0 Å². The molecule has 0 bridgehead atoms. The Morgan fingerprint density at radius 1 is 1.11 bits per heavy atom. The van der Waals surface area contributed by atoms with Crippen LogP contribution in [0.4, 0.5) is 4.39 Å². The molecule has 3 rings (SSSR count). The first-order valence-electron chi connectivity index (χ1n) is 11.2. The Morgan fingerprint density at radius 3 is 2.49 bits per heavy atom. The summed E-state index contributed by atoms with van der Waals surface area (Å²) in [4.78, 5) is 27.0. The summed E-state index contributed by atoms with van der Waals surface area (Å²) in [5.41, 5.74) is 1.95. The van der Waals surface area contributed by atoms with Gasteiger partial charge in [-0.1, -0.05) is 36.3 Å². The van der Waals surface area contributed by atoms with Gasteiger partial charge in [-0.15, -0.1) is 6.42 Å². The van der Waals surface area contributed by atoms with E-state index in [9.17, 15) is 14.0 Å². The molecule has 0 saturated carbocycles. The second kappa shape index (κ2) is 12.4. The van der Waals surface area contributed by atoms with Crippen molar-refractivity contribution in [3.05, 3.63) is 77.8 Å². The molecule has 2 aliphatic rings. The van der Waals surface area contributed by atoms with Gasteiger partial charge in [0.1, 0.15) is 12.4 Å². The molecule has 3 unspecified atom stereocenters. The van der Waals surface area contributed by atoms with Crippen LogP contribution in [0.15, 0.2) is 76.9 Å². The van der Waals surface area contributed by atoms with E-state index in [1.807, 2.05) is 46.5 Å². The van der Waals surface area contributed by atoms with Crippen LogP contribution in [0.1, 0.15) is 13.3 Å². The fourth-order valence-electron chi connectivity index (χ4n) is 4.09. The molecule has 0 heterocycles. The number of hydrogen-bond acceptors (Lipinski definition) is 7. The van der Waals surface area contributed by atoms with Gasteiger partial charge in [-0.3, -0.25) is 9.59 Å². The monoisotopic (exact) mass is 496 g/mol. The highest BCUT2D eigenvalue weighted by Crippen LogP contribution is 2.39. The van der Waals surface area contributed by atoms with Gasteiger partial charge in [-0.25, -0.2) is 8.70 Å². The topological polar surface area (TPSA) is 59.1 Å². The van der Waals surface area contributed by atoms with E-state index >= 15 is 0 Å². The maximum absolute atomic E-state index is 13.4. The second-order valence-electron chi connectivity index (χ2n) is 8.12. The first kappa shape index (κ1) is 26.3. The quantitative estimate of drug-likeness (QED) is 0.274. The number of benzene rings is 1. The Hall–Kier alpha value is -3.28. The predicted octanol–water partition coefficient (Wildman–Crippen LogP) is 4.13. The minimum absolute atomic E-state index is 0.0387. The molecule has 0 fully saturated rings. The molecule has 184 valence electrons. The van der Waals surface area contributed by atoms with Gasteiger partial charge < -0.3 is 14.4 Å². The summed E-state index contributed by atoms with van der Waals surface area (Å²) in [6.45, 7) is 2.30. The van der Waals surface area contributed by atoms with Gasteiger partial charge in [-0.05, 0) is 54.8 Å². The van der Waals surface area contributed by atoms with Crippen LogP contribution in [0.2, 0.25) is 0 Å². The third-order valence-corrected chi connectivity index (χ3v) is 6.94. The molecule has 0 saturated heterocycles. The van der Waals surface area contributed by atoms with Crippen molar-refractivity contribution < 1.29 is 23.5 Å². The molecular weight excluding hydrogens is 467 g/mol. The number of carbonyl (C=O) groups is 2. The summed E-state index contributed by atoms with van der Waals surface area (Å²) in [6, 6.07) is 5.78. The van der Waals surface area contributed by atoms with Gasteiger partial charge in [0.05, 0.1) is 27.2 Å². The van der Waals surface area contributed by atoms with Crippen molar-refractivity contribution in [3.8, 4) is 12.3 Å². The van der Waals surface area contributed by atoms with E-state index in [-0.39, 0.29) is 48.7 Å². The smallest absolute Gasteiger partial charge is 0.320 e. The number of allylic oxidation sites excluding steroid dienone is 4. The number of esters is 2. The van der Waals surface area contributed by atoms with Crippen LogP contribution in [0.3, 0.4) is 0 Å². The molecule has 2 aliphatic carbocycles. The zero-order valence-electron chi connectivity index (χ0n) is 20.0. The lowest BCUT2D eigenvalue weighted by molar-refractivity contribution is -0.142. The fourth-order valence-corrected chi connectivity index (χ4v) is 5.11. The van der Waals surface area contributed by atoms with Crippen LogP contribution in [0.25, 0.3) is 0 Å². The normalized spacial score (nSPS) is 19.2. The predicted molar refractivity (Wildman–Crippen MR) is 134 cm³/mol. The van der Waals surface area contributed by atoms with Gasteiger partial charge in [0.25, 0.3) is 0 Å². The standard InChI is InChI=1S/C27H29FN2O4S/c1-5-16-29(19(2)17-26(31)33-3)24-14-15-25(23-9-7-6-8-22(23)24)30(18-27(32)34-4)35-21-12-10-20(28)11-13-21/h1,6-15,19,23,25H,16-18H2,2-4H3. The molecule has 0 amide bonds. The molecule has 0 aromatic heterocycles. The second-order valence-corrected chi connectivity index (χ2v) is 9.24. The number of ether oxygens (including phenoxy) is 2. The highest BCUT2D eigenvalue weighted by atomic mass is 32.2. The van der Waals surface area contributed by atoms with E-state index < -0.39 is 0 Å². The van der Waals surface area contributed by atoms with E-state index in [0.29, 0.717) is 6.54 Å². The summed E-state index contributed by atoms with van der Waals surface area (Å²) in [5, 5.41) is 0. The maximum Gasteiger partial charge on any atom is 0.320 e. The van der Waals surface area contributed by atoms with Crippen LogP contribution in [0.5, 0.6) is 0 Å². The summed E-state index contributed by atoms with van der Waals surface area (Å²) in [6.07, 6.45) is 17.9. The van der Waals surface area contributed by atoms with E-state index in [1.165, 1.54) is 38.3 Å². The summed E-state index contributed by atoms with van der Waals surface area (Å²) in [7, 11) is 2.72. The Kier molecular flexibility index (Phi) is 9.35. The van der Waals surface area contributed by atoms with E-state index in [1.54, 1.807) is 12.1 Å². The lowest BCUT2D eigenvalue weighted by Gasteiger charge is -2.40. The van der Waals surface area contributed by atoms with Gasteiger partial charge in [0.2, 0.25) is 0 Å². The van der Waals surface area contributed by atoms with E-state index in [0.717, 1.165) is 16.2 Å². The van der Waals surface area contributed by atoms with Gasteiger partial charge in [0, 0.05) is 28.6 Å². The van der Waals surface area contributed by atoms with Crippen molar-refractivity contribution in [2.45, 2.75) is 30.3 Å².